The normalized spacial score (nSPS) is 17.9. The van der Waals surface area contributed by atoms with Crippen LogP contribution in [-0.4, -0.2) is 43.7 Å². The van der Waals surface area contributed by atoms with Gasteiger partial charge >= 0.3 is 12.4 Å². The summed E-state index contributed by atoms with van der Waals surface area (Å²) in [4.78, 5) is 16.9. The summed E-state index contributed by atoms with van der Waals surface area (Å²) in [5.41, 5.74) is -6.31. The van der Waals surface area contributed by atoms with Gasteiger partial charge in [-0.2, -0.15) is 36.7 Å². The molecular formula is C26H19F6N5O2. The third-order valence-electron chi connectivity index (χ3n) is 6.28. The van der Waals surface area contributed by atoms with Crippen LogP contribution in [0.2, 0.25) is 0 Å². The maximum atomic E-state index is 13.4. The van der Waals surface area contributed by atoms with Crippen LogP contribution in [0.25, 0.3) is 11.3 Å². The summed E-state index contributed by atoms with van der Waals surface area (Å²) in [6, 6.07) is 12.4. The quantitative estimate of drug-likeness (QED) is 0.409. The second-order valence-corrected chi connectivity index (χ2v) is 8.97. The average molecular weight is 547 g/mol. The Morgan fingerprint density at radius 1 is 1.08 bits per heavy atom. The van der Waals surface area contributed by atoms with Crippen LogP contribution in [0.4, 0.5) is 32.2 Å². The fourth-order valence-corrected chi connectivity index (χ4v) is 4.04. The van der Waals surface area contributed by atoms with Crippen molar-refractivity contribution in [3.63, 3.8) is 0 Å². The first-order valence-electron chi connectivity index (χ1n) is 11.3. The number of carbonyl (C=O) groups excluding carboxylic acids is 1. The van der Waals surface area contributed by atoms with E-state index in [0.29, 0.717) is 29.0 Å². The zero-order valence-electron chi connectivity index (χ0n) is 20.0. The Bertz CT molecular complexity index is 1470. The van der Waals surface area contributed by atoms with E-state index >= 15 is 0 Å². The maximum absolute atomic E-state index is 13.4. The molecule has 0 aliphatic heterocycles. The molecule has 1 amide bonds. The minimum absolute atomic E-state index is 0.0991. The van der Waals surface area contributed by atoms with Gasteiger partial charge in [0.05, 0.1) is 22.9 Å². The van der Waals surface area contributed by atoms with Gasteiger partial charge in [-0.25, -0.2) is 4.68 Å². The van der Waals surface area contributed by atoms with E-state index in [1.807, 2.05) is 6.07 Å². The zero-order chi connectivity index (χ0) is 28.6. The molecule has 7 nitrogen and oxygen atoms in total. The molecule has 2 aromatic heterocycles. The summed E-state index contributed by atoms with van der Waals surface area (Å²) in [6.07, 6.45) is -7.20. The molecule has 0 saturated carbocycles. The lowest BCUT2D eigenvalue weighted by atomic mass is 9.82. The monoisotopic (exact) mass is 547 g/mol. The number of nitrogens with one attached hydrogen (secondary N) is 1. The summed E-state index contributed by atoms with van der Waals surface area (Å²) in [6.45, 7) is 1.50. The Balaban J connectivity index is 1.73. The number of benzene rings is 1. The maximum Gasteiger partial charge on any atom is 0.430 e. The Morgan fingerprint density at radius 2 is 1.69 bits per heavy atom. The van der Waals surface area contributed by atoms with E-state index in [2.05, 4.69) is 15.4 Å². The van der Waals surface area contributed by atoms with Gasteiger partial charge in [-0.3, -0.25) is 9.78 Å². The number of pyridine rings is 1. The van der Waals surface area contributed by atoms with Crippen molar-refractivity contribution in [1.82, 2.24) is 14.8 Å². The van der Waals surface area contributed by atoms with E-state index < -0.39 is 41.4 Å². The summed E-state index contributed by atoms with van der Waals surface area (Å²) < 4.78 is 81.5. The van der Waals surface area contributed by atoms with E-state index in [4.69, 9.17) is 5.26 Å². The van der Waals surface area contributed by atoms with Crippen LogP contribution < -0.4 is 5.32 Å². The standard InChI is InChI=1S/C26H19F6N5O2/c1-23(10-6-19(7-11-23)24(39,25(27,28)29)26(30,31)32)37-21(14-20(36-37)17-8-12-34-13-9-17)35-22(38)18-4-2-16(15-33)3-5-18/h2-10,12-14,39H,11H2,1H3,(H,35,38). The van der Waals surface area contributed by atoms with Gasteiger partial charge in [0, 0.05) is 29.6 Å². The molecule has 1 aliphatic carbocycles. The number of rotatable bonds is 5. The number of hydrogen-bond acceptors (Lipinski definition) is 5. The summed E-state index contributed by atoms with van der Waals surface area (Å²) in [5, 5.41) is 25.9. The highest BCUT2D eigenvalue weighted by atomic mass is 19.4. The Kier molecular flexibility index (Phi) is 6.86. The summed E-state index contributed by atoms with van der Waals surface area (Å²) in [5.74, 6) is -0.493. The molecule has 2 heterocycles. The van der Waals surface area contributed by atoms with Crippen molar-refractivity contribution in [1.29, 1.82) is 5.26 Å². The molecule has 0 radical (unpaired) electrons. The van der Waals surface area contributed by atoms with Gasteiger partial charge in [-0.1, -0.05) is 18.2 Å². The Labute approximate surface area is 217 Å². The van der Waals surface area contributed by atoms with Crippen LogP contribution in [0.5, 0.6) is 0 Å². The fourth-order valence-electron chi connectivity index (χ4n) is 4.04. The van der Waals surface area contributed by atoms with Crippen molar-refractivity contribution in [3.8, 4) is 17.3 Å². The van der Waals surface area contributed by atoms with Crippen molar-refractivity contribution in [2.24, 2.45) is 0 Å². The predicted octanol–water partition coefficient (Wildman–Crippen LogP) is 5.53. The SMILES string of the molecule is CC1(n2nc(-c3ccncc3)cc2NC(=O)c2ccc(C#N)cc2)C=CC(C(O)(C(F)(F)F)C(F)(F)F)=CC1. The lowest BCUT2D eigenvalue weighted by Crippen LogP contribution is -2.58. The lowest BCUT2D eigenvalue weighted by Gasteiger charge is -2.37. The zero-order valence-corrected chi connectivity index (χ0v) is 20.0. The van der Waals surface area contributed by atoms with Crippen molar-refractivity contribution in [2.45, 2.75) is 36.8 Å². The van der Waals surface area contributed by atoms with Crippen LogP contribution in [0.3, 0.4) is 0 Å². The molecule has 202 valence electrons. The van der Waals surface area contributed by atoms with Crippen molar-refractivity contribution in [3.05, 3.63) is 89.8 Å². The first kappa shape index (κ1) is 27.6. The number of nitriles is 1. The number of alkyl halides is 6. The smallest absolute Gasteiger partial charge is 0.370 e. The number of allylic oxidation sites excluding steroid dienone is 2. The molecule has 0 saturated heterocycles. The van der Waals surface area contributed by atoms with E-state index in [-0.39, 0.29) is 11.4 Å². The predicted molar refractivity (Wildman–Crippen MR) is 127 cm³/mol. The molecule has 2 N–H and O–H groups in total. The van der Waals surface area contributed by atoms with Crippen molar-refractivity contribution < 1.29 is 36.2 Å². The largest absolute Gasteiger partial charge is 0.430 e. The van der Waals surface area contributed by atoms with Crippen molar-refractivity contribution >= 4 is 11.7 Å². The van der Waals surface area contributed by atoms with Crippen LogP contribution in [-0.2, 0) is 5.54 Å². The van der Waals surface area contributed by atoms with E-state index in [1.54, 1.807) is 12.1 Å². The minimum Gasteiger partial charge on any atom is -0.370 e. The van der Waals surface area contributed by atoms with E-state index in [1.165, 1.54) is 54.3 Å². The number of halogens is 6. The van der Waals surface area contributed by atoms with Gasteiger partial charge in [0.25, 0.3) is 11.5 Å². The molecule has 1 unspecified atom stereocenters. The number of hydrogen-bond donors (Lipinski definition) is 2. The van der Waals surface area contributed by atoms with Gasteiger partial charge in [0.1, 0.15) is 5.82 Å². The second kappa shape index (κ2) is 9.70. The van der Waals surface area contributed by atoms with Crippen molar-refractivity contribution in [2.75, 3.05) is 5.32 Å². The van der Waals surface area contributed by atoms with Gasteiger partial charge in [0.15, 0.2) is 0 Å². The lowest BCUT2D eigenvalue weighted by molar-refractivity contribution is -0.351. The number of carbonyl (C=O) groups is 1. The molecular weight excluding hydrogens is 528 g/mol. The number of aliphatic hydroxyl groups is 1. The van der Waals surface area contributed by atoms with Gasteiger partial charge in [-0.05, 0) is 55.3 Å². The second-order valence-electron chi connectivity index (χ2n) is 8.97. The molecule has 0 spiro atoms. The highest BCUT2D eigenvalue weighted by molar-refractivity contribution is 6.04. The van der Waals surface area contributed by atoms with Gasteiger partial charge in [-0.15, -0.1) is 0 Å². The third-order valence-corrected chi connectivity index (χ3v) is 6.28. The van der Waals surface area contributed by atoms with Crippen LogP contribution in [0, 0.1) is 11.3 Å². The average Bonchev–Trinajstić information content (AvgIpc) is 3.32. The number of amides is 1. The molecule has 0 bridgehead atoms. The number of anilines is 1. The Hall–Kier alpha value is -4.44. The summed E-state index contributed by atoms with van der Waals surface area (Å²) >= 11 is 0. The number of aromatic nitrogens is 3. The highest BCUT2D eigenvalue weighted by Crippen LogP contribution is 2.49. The molecule has 4 rings (SSSR count). The molecule has 13 heteroatoms. The van der Waals surface area contributed by atoms with Gasteiger partial charge in [0.2, 0.25) is 0 Å². The van der Waals surface area contributed by atoms with Gasteiger partial charge < -0.3 is 10.4 Å². The van der Waals surface area contributed by atoms with E-state index in [0.717, 1.165) is 6.08 Å². The third kappa shape index (κ3) is 5.03. The molecule has 1 atom stereocenters. The molecule has 1 aliphatic rings. The van der Waals surface area contributed by atoms with Crippen LogP contribution >= 0.6 is 0 Å². The van der Waals surface area contributed by atoms with E-state index in [9.17, 15) is 36.2 Å². The minimum atomic E-state index is -6.02. The topological polar surface area (TPSA) is 104 Å². The molecule has 3 aromatic rings. The number of nitrogens with zero attached hydrogens (tertiary/aromatic N) is 4. The first-order chi connectivity index (χ1) is 18.2. The summed E-state index contributed by atoms with van der Waals surface area (Å²) in [7, 11) is 0. The molecule has 1 aromatic carbocycles. The highest BCUT2D eigenvalue weighted by Gasteiger charge is 2.72. The molecule has 39 heavy (non-hydrogen) atoms. The van der Waals surface area contributed by atoms with Crippen LogP contribution in [0.1, 0.15) is 29.3 Å². The molecule has 0 fully saturated rings. The first-order valence-corrected chi connectivity index (χ1v) is 11.3. The Morgan fingerprint density at radius 3 is 2.21 bits per heavy atom. The van der Waals surface area contributed by atoms with Crippen LogP contribution in [0.15, 0.2) is 78.7 Å². The fraction of sp³-hybridized carbons (Fsp3) is 0.231.